The molecule has 0 aromatic rings. The van der Waals surface area contributed by atoms with Crippen LogP contribution >= 0.6 is 0 Å². The standard InChI is InChI=1S/C9H16FNO2/c1-11(6-5-9(12)13)8-4-2-3-7(8)10/h7-8H,2-6H2,1H3,(H,12,13)/t7-,8-/m1/s1. The first kappa shape index (κ1) is 10.4. The zero-order valence-electron chi connectivity index (χ0n) is 7.87. The summed E-state index contributed by atoms with van der Waals surface area (Å²) in [4.78, 5) is 12.1. The SMILES string of the molecule is CN(CCC(=O)O)[C@@H]1CCC[C@H]1F. The van der Waals surface area contributed by atoms with Crippen molar-refractivity contribution in [3.8, 4) is 0 Å². The molecule has 0 aromatic carbocycles. The molecule has 0 bridgehead atoms. The number of carboxylic acids is 1. The van der Waals surface area contributed by atoms with Crippen LogP contribution in [0.15, 0.2) is 0 Å². The molecule has 1 aliphatic rings. The van der Waals surface area contributed by atoms with Crippen LogP contribution in [0.3, 0.4) is 0 Å². The number of carboxylic acid groups (broad SMARTS) is 1. The maximum atomic E-state index is 13.2. The number of alkyl halides is 1. The van der Waals surface area contributed by atoms with Crippen molar-refractivity contribution in [3.63, 3.8) is 0 Å². The van der Waals surface area contributed by atoms with Gasteiger partial charge >= 0.3 is 5.97 Å². The van der Waals surface area contributed by atoms with Crippen LogP contribution in [0.4, 0.5) is 4.39 Å². The Balaban J connectivity index is 2.29. The Morgan fingerprint density at radius 2 is 2.31 bits per heavy atom. The molecule has 2 atom stereocenters. The van der Waals surface area contributed by atoms with Crippen molar-refractivity contribution >= 4 is 5.97 Å². The second-order valence-electron chi connectivity index (χ2n) is 3.64. The lowest BCUT2D eigenvalue weighted by molar-refractivity contribution is -0.137. The third-order valence-corrected chi connectivity index (χ3v) is 2.64. The summed E-state index contributed by atoms with van der Waals surface area (Å²) >= 11 is 0. The van der Waals surface area contributed by atoms with Crippen LogP contribution in [-0.2, 0) is 4.79 Å². The number of hydrogen-bond acceptors (Lipinski definition) is 2. The number of rotatable bonds is 4. The minimum Gasteiger partial charge on any atom is -0.481 e. The van der Waals surface area contributed by atoms with Crippen molar-refractivity contribution in [1.82, 2.24) is 4.90 Å². The molecule has 1 saturated carbocycles. The van der Waals surface area contributed by atoms with Gasteiger partial charge in [-0.1, -0.05) is 0 Å². The maximum Gasteiger partial charge on any atom is 0.304 e. The lowest BCUT2D eigenvalue weighted by Gasteiger charge is -2.24. The van der Waals surface area contributed by atoms with Crippen LogP contribution in [0.2, 0.25) is 0 Å². The summed E-state index contributed by atoms with van der Waals surface area (Å²) in [5.74, 6) is -0.819. The minimum absolute atomic E-state index is 0.0562. The second-order valence-corrected chi connectivity index (χ2v) is 3.64. The summed E-state index contributed by atoms with van der Waals surface area (Å²) < 4.78 is 13.2. The second kappa shape index (κ2) is 4.56. The van der Waals surface area contributed by atoms with Gasteiger partial charge in [0.25, 0.3) is 0 Å². The average Bonchev–Trinajstić information content (AvgIpc) is 2.47. The molecule has 0 unspecified atom stereocenters. The minimum atomic E-state index is -0.819. The lowest BCUT2D eigenvalue weighted by atomic mass is 10.2. The first-order valence-corrected chi connectivity index (χ1v) is 4.67. The zero-order chi connectivity index (χ0) is 9.84. The van der Waals surface area contributed by atoms with E-state index in [1.807, 2.05) is 4.90 Å². The molecule has 1 fully saturated rings. The van der Waals surface area contributed by atoms with Gasteiger partial charge in [0.15, 0.2) is 0 Å². The summed E-state index contributed by atoms with van der Waals surface area (Å²) in [6.45, 7) is 0.445. The van der Waals surface area contributed by atoms with E-state index in [1.165, 1.54) is 0 Å². The molecule has 0 aromatic heterocycles. The van der Waals surface area contributed by atoms with E-state index in [9.17, 15) is 9.18 Å². The molecular formula is C9H16FNO2. The van der Waals surface area contributed by atoms with E-state index in [-0.39, 0.29) is 12.5 Å². The van der Waals surface area contributed by atoms with E-state index >= 15 is 0 Å². The Labute approximate surface area is 77.5 Å². The number of hydrogen-bond donors (Lipinski definition) is 1. The van der Waals surface area contributed by atoms with Gasteiger partial charge in [-0.25, -0.2) is 4.39 Å². The molecule has 0 aliphatic heterocycles. The highest BCUT2D eigenvalue weighted by atomic mass is 19.1. The van der Waals surface area contributed by atoms with Crippen molar-refractivity contribution in [1.29, 1.82) is 0 Å². The quantitative estimate of drug-likeness (QED) is 0.724. The molecule has 0 heterocycles. The van der Waals surface area contributed by atoms with Crippen molar-refractivity contribution < 1.29 is 14.3 Å². The highest BCUT2D eigenvalue weighted by Gasteiger charge is 2.29. The summed E-state index contributed by atoms with van der Waals surface area (Å²) in [5, 5.41) is 8.45. The summed E-state index contributed by atoms with van der Waals surface area (Å²) in [6.07, 6.45) is 1.74. The summed E-state index contributed by atoms with van der Waals surface area (Å²) in [6, 6.07) is -0.0562. The van der Waals surface area contributed by atoms with Gasteiger partial charge in [-0.2, -0.15) is 0 Å². The topological polar surface area (TPSA) is 40.5 Å². The van der Waals surface area contributed by atoms with Crippen LogP contribution in [0, 0.1) is 0 Å². The van der Waals surface area contributed by atoms with E-state index in [4.69, 9.17) is 5.11 Å². The monoisotopic (exact) mass is 189 g/mol. The zero-order valence-corrected chi connectivity index (χ0v) is 7.87. The van der Waals surface area contributed by atoms with E-state index < -0.39 is 12.1 Å². The number of aliphatic carboxylic acids is 1. The largest absolute Gasteiger partial charge is 0.481 e. The predicted molar refractivity (Wildman–Crippen MR) is 47.4 cm³/mol. The van der Waals surface area contributed by atoms with Gasteiger partial charge in [0.05, 0.1) is 6.42 Å². The Kier molecular flexibility index (Phi) is 3.66. The first-order chi connectivity index (χ1) is 6.11. The van der Waals surface area contributed by atoms with Gasteiger partial charge in [0.1, 0.15) is 6.17 Å². The Morgan fingerprint density at radius 1 is 1.62 bits per heavy atom. The van der Waals surface area contributed by atoms with Gasteiger partial charge in [-0.05, 0) is 26.3 Å². The smallest absolute Gasteiger partial charge is 0.304 e. The fourth-order valence-electron chi connectivity index (χ4n) is 1.83. The first-order valence-electron chi connectivity index (χ1n) is 4.67. The molecule has 0 saturated heterocycles. The van der Waals surface area contributed by atoms with E-state index in [2.05, 4.69) is 0 Å². The van der Waals surface area contributed by atoms with Gasteiger partial charge < -0.3 is 5.11 Å². The van der Waals surface area contributed by atoms with E-state index in [0.29, 0.717) is 13.0 Å². The highest BCUT2D eigenvalue weighted by Crippen LogP contribution is 2.25. The van der Waals surface area contributed by atoms with Crippen molar-refractivity contribution in [3.05, 3.63) is 0 Å². The van der Waals surface area contributed by atoms with Crippen molar-refractivity contribution in [2.24, 2.45) is 0 Å². The van der Waals surface area contributed by atoms with Gasteiger partial charge in [0, 0.05) is 12.6 Å². The fraction of sp³-hybridized carbons (Fsp3) is 0.889. The molecule has 3 nitrogen and oxygen atoms in total. The van der Waals surface area contributed by atoms with Gasteiger partial charge in [-0.3, -0.25) is 9.69 Å². The predicted octanol–water partition coefficient (Wildman–Crippen LogP) is 1.28. The molecule has 1 aliphatic carbocycles. The number of halogens is 1. The Bertz CT molecular complexity index is 186. The van der Waals surface area contributed by atoms with Crippen LogP contribution in [0.1, 0.15) is 25.7 Å². The van der Waals surface area contributed by atoms with E-state index in [1.54, 1.807) is 7.05 Å². The third-order valence-electron chi connectivity index (χ3n) is 2.64. The molecule has 1 N–H and O–H groups in total. The lowest BCUT2D eigenvalue weighted by Crippen LogP contribution is -2.36. The van der Waals surface area contributed by atoms with Crippen LogP contribution in [0.25, 0.3) is 0 Å². The molecule has 0 amide bonds. The van der Waals surface area contributed by atoms with Crippen LogP contribution in [-0.4, -0.2) is 41.8 Å². The van der Waals surface area contributed by atoms with Crippen molar-refractivity contribution in [2.75, 3.05) is 13.6 Å². The molecule has 0 spiro atoms. The molecular weight excluding hydrogens is 173 g/mol. The number of carbonyl (C=O) groups is 1. The molecule has 0 radical (unpaired) electrons. The third kappa shape index (κ3) is 2.95. The van der Waals surface area contributed by atoms with Crippen molar-refractivity contribution in [2.45, 2.75) is 37.9 Å². The number of nitrogens with zero attached hydrogens (tertiary/aromatic N) is 1. The summed E-state index contributed by atoms with van der Waals surface area (Å²) in [7, 11) is 1.80. The van der Waals surface area contributed by atoms with E-state index in [0.717, 1.165) is 12.8 Å². The van der Waals surface area contributed by atoms with Crippen LogP contribution in [0.5, 0.6) is 0 Å². The van der Waals surface area contributed by atoms with Gasteiger partial charge in [-0.15, -0.1) is 0 Å². The fourth-order valence-corrected chi connectivity index (χ4v) is 1.83. The normalized spacial score (nSPS) is 28.2. The van der Waals surface area contributed by atoms with Crippen LogP contribution < -0.4 is 0 Å². The van der Waals surface area contributed by atoms with Gasteiger partial charge in [0.2, 0.25) is 0 Å². The maximum absolute atomic E-state index is 13.2. The molecule has 4 heteroatoms. The Morgan fingerprint density at radius 3 is 2.77 bits per heavy atom. The average molecular weight is 189 g/mol. The Hall–Kier alpha value is -0.640. The molecule has 13 heavy (non-hydrogen) atoms. The molecule has 1 rings (SSSR count). The molecule has 76 valence electrons. The highest BCUT2D eigenvalue weighted by molar-refractivity contribution is 5.66. The summed E-state index contributed by atoms with van der Waals surface area (Å²) in [5.41, 5.74) is 0.